The second-order valence-electron chi connectivity index (χ2n) is 5.88. The summed E-state index contributed by atoms with van der Waals surface area (Å²) < 4.78 is 25.6. The topological polar surface area (TPSA) is 132 Å². The summed E-state index contributed by atoms with van der Waals surface area (Å²) in [5.74, 6) is -3.03. The Bertz CT molecular complexity index is 542. The van der Waals surface area contributed by atoms with Crippen LogP contribution < -0.4 is 0 Å². The van der Waals surface area contributed by atoms with E-state index >= 15 is 0 Å². The van der Waals surface area contributed by atoms with Crippen LogP contribution in [0.25, 0.3) is 0 Å². The highest BCUT2D eigenvalue weighted by Crippen LogP contribution is 2.20. The molecule has 0 amide bonds. The molecular formula is C17H26O10. The number of rotatable bonds is 11. The first-order chi connectivity index (χ1) is 12.5. The standard InChI is InChI=1S/C17H26O10/c1-9(2)24-14(7-18)16(26-12(5)21)17(27-13(6)22)15(25-11(4)20)8-23-10(3)19/h7,9,14-17H,8H2,1-6H3/t14-,15+,16+,17+/m0/s1. The smallest absolute Gasteiger partial charge is 0.303 e. The maximum atomic E-state index is 11.6. The lowest BCUT2D eigenvalue weighted by Crippen LogP contribution is -2.53. The Morgan fingerprint density at radius 3 is 1.63 bits per heavy atom. The van der Waals surface area contributed by atoms with E-state index in [1.165, 1.54) is 0 Å². The SMILES string of the molecule is CC(=O)OC[C@@H](OC(C)=O)[C@@H](OC(C)=O)[C@H](OC(C)=O)[C@H](C=O)OC(C)C. The molecule has 0 unspecified atom stereocenters. The molecule has 0 spiro atoms. The van der Waals surface area contributed by atoms with E-state index in [0.29, 0.717) is 6.29 Å². The number of carbonyl (C=O) groups is 5. The van der Waals surface area contributed by atoms with Crippen LogP contribution in [-0.4, -0.2) is 67.3 Å². The van der Waals surface area contributed by atoms with Gasteiger partial charge in [-0.15, -0.1) is 0 Å². The number of carbonyl (C=O) groups excluding carboxylic acids is 5. The van der Waals surface area contributed by atoms with Gasteiger partial charge in [0.1, 0.15) is 6.61 Å². The van der Waals surface area contributed by atoms with Crippen LogP contribution in [0.15, 0.2) is 0 Å². The molecule has 0 N–H and O–H groups in total. The summed E-state index contributed by atoms with van der Waals surface area (Å²) in [6.45, 7) is 7.18. The molecule has 10 heteroatoms. The minimum Gasteiger partial charge on any atom is -0.462 e. The van der Waals surface area contributed by atoms with E-state index in [4.69, 9.17) is 23.7 Å². The molecule has 0 aromatic heterocycles. The summed E-state index contributed by atoms with van der Waals surface area (Å²) in [5, 5.41) is 0. The molecule has 0 aliphatic carbocycles. The van der Waals surface area contributed by atoms with E-state index in [9.17, 15) is 24.0 Å². The molecule has 0 radical (unpaired) electrons. The number of hydrogen-bond acceptors (Lipinski definition) is 10. The number of esters is 4. The van der Waals surface area contributed by atoms with Crippen LogP contribution in [0.1, 0.15) is 41.5 Å². The minimum absolute atomic E-state index is 0.376. The molecule has 0 aromatic rings. The molecule has 0 aliphatic heterocycles. The van der Waals surface area contributed by atoms with Crippen molar-refractivity contribution < 1.29 is 47.7 Å². The quantitative estimate of drug-likeness (QED) is 0.276. The maximum absolute atomic E-state index is 11.6. The monoisotopic (exact) mass is 390 g/mol. The van der Waals surface area contributed by atoms with Gasteiger partial charge < -0.3 is 28.5 Å². The van der Waals surface area contributed by atoms with Crippen LogP contribution in [0.2, 0.25) is 0 Å². The van der Waals surface area contributed by atoms with Crippen LogP contribution in [0.3, 0.4) is 0 Å². The Kier molecular flexibility index (Phi) is 10.9. The van der Waals surface area contributed by atoms with E-state index in [1.807, 2.05) is 0 Å². The van der Waals surface area contributed by atoms with Crippen LogP contribution in [0, 0.1) is 0 Å². The van der Waals surface area contributed by atoms with Gasteiger partial charge in [-0.1, -0.05) is 0 Å². The van der Waals surface area contributed by atoms with Crippen molar-refractivity contribution in [3.05, 3.63) is 0 Å². The second-order valence-corrected chi connectivity index (χ2v) is 5.88. The summed E-state index contributed by atoms with van der Waals surface area (Å²) in [6.07, 6.45) is -5.61. The van der Waals surface area contributed by atoms with Gasteiger partial charge in [0.25, 0.3) is 0 Å². The molecule has 10 nitrogen and oxygen atoms in total. The maximum Gasteiger partial charge on any atom is 0.303 e. The number of ether oxygens (including phenoxy) is 5. The Balaban J connectivity index is 5.97. The average Bonchev–Trinajstić information content (AvgIpc) is 2.51. The Labute approximate surface area is 157 Å². The van der Waals surface area contributed by atoms with Crippen molar-refractivity contribution in [3.8, 4) is 0 Å². The summed E-state index contributed by atoms with van der Waals surface area (Å²) in [4.78, 5) is 57.2. The fourth-order valence-electron chi connectivity index (χ4n) is 2.17. The molecule has 4 atom stereocenters. The number of hydrogen-bond donors (Lipinski definition) is 0. The predicted octanol–water partition coefficient (Wildman–Crippen LogP) is 0.337. The van der Waals surface area contributed by atoms with Crippen molar-refractivity contribution in [2.45, 2.75) is 72.1 Å². The van der Waals surface area contributed by atoms with Crippen molar-refractivity contribution >= 4 is 30.2 Å². The largest absolute Gasteiger partial charge is 0.462 e. The predicted molar refractivity (Wildman–Crippen MR) is 89.4 cm³/mol. The van der Waals surface area contributed by atoms with Crippen LogP contribution in [-0.2, 0) is 47.7 Å². The summed E-state index contributed by atoms with van der Waals surface area (Å²) in [6, 6.07) is 0. The average molecular weight is 390 g/mol. The van der Waals surface area contributed by atoms with Crippen LogP contribution in [0.4, 0.5) is 0 Å². The molecule has 0 fully saturated rings. The summed E-state index contributed by atoms with van der Waals surface area (Å²) in [5.41, 5.74) is 0. The van der Waals surface area contributed by atoms with Gasteiger partial charge >= 0.3 is 23.9 Å². The van der Waals surface area contributed by atoms with Crippen LogP contribution >= 0.6 is 0 Å². The zero-order valence-electron chi connectivity index (χ0n) is 16.3. The minimum atomic E-state index is -1.46. The van der Waals surface area contributed by atoms with E-state index in [0.717, 1.165) is 27.7 Å². The first-order valence-electron chi connectivity index (χ1n) is 8.23. The van der Waals surface area contributed by atoms with Crippen LogP contribution in [0.5, 0.6) is 0 Å². The van der Waals surface area contributed by atoms with Gasteiger partial charge in [0.05, 0.1) is 6.10 Å². The first kappa shape index (κ1) is 24.5. The fraction of sp³-hybridized carbons (Fsp3) is 0.706. The lowest BCUT2D eigenvalue weighted by atomic mass is 10.0. The molecule has 0 bridgehead atoms. The molecule has 27 heavy (non-hydrogen) atoms. The normalized spacial score (nSPS) is 15.1. The summed E-state index contributed by atoms with van der Waals surface area (Å²) >= 11 is 0. The molecule has 0 aromatic carbocycles. The third-order valence-electron chi connectivity index (χ3n) is 2.95. The molecule has 0 saturated carbocycles. The molecule has 0 aliphatic rings. The summed E-state index contributed by atoms with van der Waals surface area (Å²) in [7, 11) is 0. The zero-order chi connectivity index (χ0) is 21.1. The van der Waals surface area contributed by atoms with Crippen molar-refractivity contribution in [2.24, 2.45) is 0 Å². The number of aldehydes is 1. The third-order valence-corrected chi connectivity index (χ3v) is 2.95. The van der Waals surface area contributed by atoms with Gasteiger partial charge in [-0.05, 0) is 13.8 Å². The van der Waals surface area contributed by atoms with Crippen molar-refractivity contribution in [1.82, 2.24) is 0 Å². The van der Waals surface area contributed by atoms with Gasteiger partial charge in [-0.25, -0.2) is 0 Å². The lowest BCUT2D eigenvalue weighted by Gasteiger charge is -2.34. The van der Waals surface area contributed by atoms with Gasteiger partial charge in [-0.2, -0.15) is 0 Å². The van der Waals surface area contributed by atoms with E-state index in [1.54, 1.807) is 13.8 Å². The van der Waals surface area contributed by atoms with Gasteiger partial charge in [0, 0.05) is 27.7 Å². The van der Waals surface area contributed by atoms with Gasteiger partial charge in [-0.3, -0.25) is 19.2 Å². The Morgan fingerprint density at radius 2 is 1.26 bits per heavy atom. The molecule has 0 heterocycles. The highest BCUT2D eigenvalue weighted by molar-refractivity contribution is 5.69. The van der Waals surface area contributed by atoms with Gasteiger partial charge in [0.2, 0.25) is 0 Å². The van der Waals surface area contributed by atoms with Crippen molar-refractivity contribution in [3.63, 3.8) is 0 Å². The lowest BCUT2D eigenvalue weighted by molar-refractivity contribution is -0.202. The Morgan fingerprint density at radius 1 is 0.778 bits per heavy atom. The fourth-order valence-corrected chi connectivity index (χ4v) is 2.17. The van der Waals surface area contributed by atoms with Crippen molar-refractivity contribution in [2.75, 3.05) is 6.61 Å². The van der Waals surface area contributed by atoms with E-state index in [2.05, 4.69) is 0 Å². The second kappa shape index (κ2) is 12.0. The van der Waals surface area contributed by atoms with Crippen molar-refractivity contribution in [1.29, 1.82) is 0 Å². The van der Waals surface area contributed by atoms with E-state index in [-0.39, 0.29) is 0 Å². The highest BCUT2D eigenvalue weighted by atomic mass is 16.6. The van der Waals surface area contributed by atoms with E-state index < -0.39 is 61.0 Å². The third kappa shape index (κ3) is 10.3. The van der Waals surface area contributed by atoms with Gasteiger partial charge in [0.15, 0.2) is 30.7 Å². The molecule has 154 valence electrons. The molecular weight excluding hydrogens is 364 g/mol. The highest BCUT2D eigenvalue weighted by Gasteiger charge is 2.43. The zero-order valence-corrected chi connectivity index (χ0v) is 16.3. The molecule has 0 rings (SSSR count). The Hall–Kier alpha value is -2.49. The first-order valence-corrected chi connectivity index (χ1v) is 8.23. The molecule has 0 saturated heterocycles.